The van der Waals surface area contributed by atoms with Crippen LogP contribution in [0.25, 0.3) is 0 Å². The van der Waals surface area contributed by atoms with Crippen LogP contribution in [0.3, 0.4) is 0 Å². The normalized spacial score (nSPS) is 14.1. The molecule has 0 aliphatic rings. The molecular formula is C14H25N5OS. The van der Waals surface area contributed by atoms with E-state index in [4.69, 9.17) is 0 Å². The van der Waals surface area contributed by atoms with Gasteiger partial charge in [-0.3, -0.25) is 9.88 Å². The summed E-state index contributed by atoms with van der Waals surface area (Å²) in [5.74, 6) is 0.839. The Balaban J connectivity index is 2.55. The largest absolute Gasteiger partial charge is 0.344 e. The molecule has 0 aliphatic carbocycles. The first-order valence-corrected chi connectivity index (χ1v) is 8.44. The second-order valence-electron chi connectivity index (χ2n) is 5.30. The lowest BCUT2D eigenvalue weighted by molar-refractivity contribution is 0.379. The van der Waals surface area contributed by atoms with Crippen LogP contribution in [0.1, 0.15) is 53.0 Å². The zero-order valence-corrected chi connectivity index (χ0v) is 14.1. The Morgan fingerprint density at radius 1 is 1.52 bits per heavy atom. The van der Waals surface area contributed by atoms with Crippen molar-refractivity contribution in [1.29, 1.82) is 5.26 Å². The topological polar surface area (TPSA) is 86.5 Å². The highest BCUT2D eigenvalue weighted by Crippen LogP contribution is 2.22. The van der Waals surface area contributed by atoms with Crippen molar-refractivity contribution in [3.8, 4) is 6.07 Å². The summed E-state index contributed by atoms with van der Waals surface area (Å²) in [4.78, 5) is 11.6. The molecule has 0 aliphatic heterocycles. The lowest BCUT2D eigenvalue weighted by Crippen LogP contribution is -2.43. The van der Waals surface area contributed by atoms with Gasteiger partial charge >= 0.3 is 5.69 Å². The number of hydrogen-bond donors (Lipinski definition) is 2. The van der Waals surface area contributed by atoms with Crippen molar-refractivity contribution in [2.24, 2.45) is 0 Å². The van der Waals surface area contributed by atoms with Gasteiger partial charge in [0.15, 0.2) is 5.16 Å². The van der Waals surface area contributed by atoms with E-state index >= 15 is 0 Å². The minimum Gasteiger partial charge on any atom is -0.300 e. The van der Waals surface area contributed by atoms with E-state index in [1.165, 1.54) is 0 Å². The fourth-order valence-corrected chi connectivity index (χ4v) is 3.30. The molecule has 0 spiro atoms. The molecule has 1 aromatic heterocycles. The predicted octanol–water partition coefficient (Wildman–Crippen LogP) is 2.31. The number of nitrogens with one attached hydrogen (secondary N) is 2. The fraction of sp³-hybridized carbons (Fsp3) is 0.786. The third-order valence-corrected chi connectivity index (χ3v) is 4.54. The first-order chi connectivity index (χ1) is 9.99. The van der Waals surface area contributed by atoms with E-state index in [2.05, 4.69) is 21.6 Å². The van der Waals surface area contributed by atoms with Crippen LogP contribution in [-0.2, 0) is 0 Å². The standard InChI is InChI=1S/C14H25N5OS/c1-5-14(10-15,16-6-2)8-7-9-21-13-18-17-12(20)19(13)11(3)4/h11,16H,5-9H2,1-4H3,(H,17,20). The number of rotatable bonds is 9. The van der Waals surface area contributed by atoms with Crippen molar-refractivity contribution in [2.75, 3.05) is 12.3 Å². The minimum absolute atomic E-state index is 0.0920. The van der Waals surface area contributed by atoms with E-state index in [1.807, 2.05) is 27.7 Å². The van der Waals surface area contributed by atoms with Crippen LogP contribution in [-0.4, -0.2) is 32.6 Å². The molecule has 1 unspecified atom stereocenters. The minimum atomic E-state index is -0.432. The number of H-pyrrole nitrogens is 1. The van der Waals surface area contributed by atoms with E-state index in [1.54, 1.807) is 16.3 Å². The van der Waals surface area contributed by atoms with Gasteiger partial charge in [0.1, 0.15) is 5.54 Å². The van der Waals surface area contributed by atoms with Crippen LogP contribution in [0.15, 0.2) is 9.95 Å². The van der Waals surface area contributed by atoms with E-state index in [0.717, 1.165) is 36.7 Å². The molecule has 0 fully saturated rings. The van der Waals surface area contributed by atoms with Gasteiger partial charge in [-0.1, -0.05) is 25.6 Å². The Morgan fingerprint density at radius 2 is 2.24 bits per heavy atom. The van der Waals surface area contributed by atoms with Crippen LogP contribution in [0.2, 0.25) is 0 Å². The van der Waals surface area contributed by atoms with E-state index in [9.17, 15) is 10.1 Å². The molecule has 1 heterocycles. The summed E-state index contributed by atoms with van der Waals surface area (Å²) in [6.07, 6.45) is 2.50. The zero-order valence-electron chi connectivity index (χ0n) is 13.3. The molecule has 1 rings (SSSR count). The van der Waals surface area contributed by atoms with Gasteiger partial charge in [0.2, 0.25) is 0 Å². The highest BCUT2D eigenvalue weighted by Gasteiger charge is 2.25. The molecule has 0 radical (unpaired) electrons. The van der Waals surface area contributed by atoms with Crippen molar-refractivity contribution >= 4 is 11.8 Å². The zero-order chi connectivity index (χ0) is 15.9. The van der Waals surface area contributed by atoms with E-state index in [0.29, 0.717) is 0 Å². The summed E-state index contributed by atoms with van der Waals surface area (Å²) in [7, 11) is 0. The van der Waals surface area contributed by atoms with Crippen LogP contribution in [0.5, 0.6) is 0 Å². The van der Waals surface area contributed by atoms with Crippen LogP contribution in [0, 0.1) is 11.3 Å². The van der Waals surface area contributed by atoms with Crippen molar-refractivity contribution in [2.45, 2.75) is 63.7 Å². The number of nitriles is 1. The Hall–Kier alpha value is -1.26. The summed E-state index contributed by atoms with van der Waals surface area (Å²) in [6, 6.07) is 2.49. The summed E-state index contributed by atoms with van der Waals surface area (Å²) in [5, 5.41) is 19.9. The van der Waals surface area contributed by atoms with Gasteiger partial charge in [0, 0.05) is 11.8 Å². The molecule has 1 atom stereocenters. The molecule has 0 bridgehead atoms. The van der Waals surface area contributed by atoms with Gasteiger partial charge < -0.3 is 0 Å². The Kier molecular flexibility index (Phi) is 6.99. The average molecular weight is 311 g/mol. The molecule has 21 heavy (non-hydrogen) atoms. The average Bonchev–Trinajstić information content (AvgIpc) is 2.83. The fourth-order valence-electron chi connectivity index (χ4n) is 2.29. The second-order valence-corrected chi connectivity index (χ2v) is 6.37. The molecular weight excluding hydrogens is 286 g/mol. The maximum absolute atomic E-state index is 11.6. The lowest BCUT2D eigenvalue weighted by atomic mass is 9.92. The number of aromatic nitrogens is 3. The number of thioether (sulfide) groups is 1. The van der Waals surface area contributed by atoms with Gasteiger partial charge in [-0.25, -0.2) is 9.89 Å². The maximum Gasteiger partial charge on any atom is 0.344 e. The van der Waals surface area contributed by atoms with Gasteiger partial charge in [-0.2, -0.15) is 5.26 Å². The third kappa shape index (κ3) is 4.61. The molecule has 0 amide bonds. The van der Waals surface area contributed by atoms with Crippen LogP contribution < -0.4 is 11.0 Å². The second kappa shape index (κ2) is 8.25. The first-order valence-electron chi connectivity index (χ1n) is 7.45. The molecule has 0 saturated carbocycles. The SMILES string of the molecule is CCNC(C#N)(CC)CCCSc1n[nH]c(=O)n1C(C)C. The Bertz CT molecular complexity index is 530. The van der Waals surface area contributed by atoms with E-state index < -0.39 is 5.54 Å². The summed E-state index contributed by atoms with van der Waals surface area (Å²) < 4.78 is 1.66. The predicted molar refractivity (Wildman–Crippen MR) is 85.5 cm³/mol. The van der Waals surface area contributed by atoms with Crippen LogP contribution in [0.4, 0.5) is 0 Å². The number of nitrogens with zero attached hydrogens (tertiary/aromatic N) is 3. The smallest absolute Gasteiger partial charge is 0.300 e. The summed E-state index contributed by atoms with van der Waals surface area (Å²) in [5.41, 5.74) is -0.599. The highest BCUT2D eigenvalue weighted by atomic mass is 32.2. The van der Waals surface area contributed by atoms with Gasteiger partial charge in [0.25, 0.3) is 0 Å². The third-order valence-electron chi connectivity index (χ3n) is 3.50. The Labute approximate surface area is 130 Å². The van der Waals surface area contributed by atoms with Crippen molar-refractivity contribution in [3.63, 3.8) is 0 Å². The van der Waals surface area contributed by atoms with Crippen molar-refractivity contribution in [1.82, 2.24) is 20.1 Å². The molecule has 7 heteroatoms. The van der Waals surface area contributed by atoms with Gasteiger partial charge in [0.05, 0.1) is 6.07 Å². The molecule has 2 N–H and O–H groups in total. The van der Waals surface area contributed by atoms with Gasteiger partial charge in [-0.05, 0) is 39.7 Å². The number of hydrogen-bond acceptors (Lipinski definition) is 5. The quantitative estimate of drug-likeness (QED) is 0.540. The Morgan fingerprint density at radius 3 is 2.76 bits per heavy atom. The summed E-state index contributed by atoms with van der Waals surface area (Å²) >= 11 is 1.56. The molecule has 0 aromatic carbocycles. The number of aromatic amines is 1. The van der Waals surface area contributed by atoms with Crippen molar-refractivity contribution < 1.29 is 0 Å². The van der Waals surface area contributed by atoms with Gasteiger partial charge in [-0.15, -0.1) is 5.10 Å². The van der Waals surface area contributed by atoms with E-state index in [-0.39, 0.29) is 11.7 Å². The molecule has 0 saturated heterocycles. The molecule has 1 aromatic rings. The van der Waals surface area contributed by atoms with Crippen LogP contribution >= 0.6 is 11.8 Å². The maximum atomic E-state index is 11.6. The highest BCUT2D eigenvalue weighted by molar-refractivity contribution is 7.99. The molecule has 6 nitrogen and oxygen atoms in total. The van der Waals surface area contributed by atoms with Crippen molar-refractivity contribution in [3.05, 3.63) is 10.5 Å². The lowest BCUT2D eigenvalue weighted by Gasteiger charge is -2.25. The summed E-state index contributed by atoms with van der Waals surface area (Å²) in [6.45, 7) is 8.76. The first kappa shape index (κ1) is 17.8. The molecule has 118 valence electrons. The monoisotopic (exact) mass is 311 g/mol.